The standard InChI is InChI=1S/C20H27N5/c1-4-21-20(23-14-17-10-7-12-22-19(17)24(2)3)25-13-11-16-8-5-6-9-18(16)15-25/h5-10,12H,4,11,13-15H2,1-3H3,(H,21,23). The van der Waals surface area contributed by atoms with E-state index in [-0.39, 0.29) is 0 Å². The van der Waals surface area contributed by atoms with Crippen molar-refractivity contribution >= 4 is 11.8 Å². The first kappa shape index (κ1) is 17.3. The van der Waals surface area contributed by atoms with E-state index < -0.39 is 0 Å². The van der Waals surface area contributed by atoms with Crippen LogP contribution in [0, 0.1) is 0 Å². The van der Waals surface area contributed by atoms with Crippen LogP contribution in [0.15, 0.2) is 47.6 Å². The van der Waals surface area contributed by atoms with E-state index >= 15 is 0 Å². The summed E-state index contributed by atoms with van der Waals surface area (Å²) in [5.74, 6) is 1.96. The Labute approximate surface area is 150 Å². The first-order valence-electron chi connectivity index (χ1n) is 8.90. The summed E-state index contributed by atoms with van der Waals surface area (Å²) in [4.78, 5) is 13.7. The summed E-state index contributed by atoms with van der Waals surface area (Å²) in [6.45, 7) is 5.52. The molecule has 1 aliphatic heterocycles. The molecule has 1 aliphatic rings. The highest BCUT2D eigenvalue weighted by molar-refractivity contribution is 5.80. The molecule has 0 saturated carbocycles. The summed E-state index contributed by atoms with van der Waals surface area (Å²) in [7, 11) is 4.03. The molecule has 1 N–H and O–H groups in total. The highest BCUT2D eigenvalue weighted by Crippen LogP contribution is 2.19. The van der Waals surface area contributed by atoms with Gasteiger partial charge >= 0.3 is 0 Å². The number of pyridine rings is 1. The molecule has 5 heteroatoms. The second kappa shape index (κ2) is 8.01. The smallest absolute Gasteiger partial charge is 0.194 e. The number of aliphatic imine (C=N–C) groups is 1. The maximum absolute atomic E-state index is 4.89. The van der Waals surface area contributed by atoms with E-state index in [2.05, 4.69) is 52.5 Å². The molecule has 25 heavy (non-hydrogen) atoms. The van der Waals surface area contributed by atoms with E-state index in [4.69, 9.17) is 4.99 Å². The number of rotatable bonds is 4. The lowest BCUT2D eigenvalue weighted by atomic mass is 10.0. The van der Waals surface area contributed by atoms with Crippen LogP contribution in [0.2, 0.25) is 0 Å². The van der Waals surface area contributed by atoms with Gasteiger partial charge < -0.3 is 15.1 Å². The van der Waals surface area contributed by atoms with Crippen LogP contribution < -0.4 is 10.2 Å². The third-order valence-electron chi connectivity index (χ3n) is 4.46. The third-order valence-corrected chi connectivity index (χ3v) is 4.46. The van der Waals surface area contributed by atoms with Gasteiger partial charge in [0.1, 0.15) is 5.82 Å². The van der Waals surface area contributed by atoms with Gasteiger partial charge in [-0.1, -0.05) is 30.3 Å². The average Bonchev–Trinajstić information content (AvgIpc) is 2.65. The van der Waals surface area contributed by atoms with Crippen molar-refractivity contribution in [3.05, 3.63) is 59.3 Å². The molecule has 0 spiro atoms. The highest BCUT2D eigenvalue weighted by Gasteiger charge is 2.18. The van der Waals surface area contributed by atoms with Gasteiger partial charge in [-0.2, -0.15) is 0 Å². The molecule has 2 heterocycles. The van der Waals surface area contributed by atoms with Crippen molar-refractivity contribution in [1.82, 2.24) is 15.2 Å². The molecular formula is C20H27N5. The minimum absolute atomic E-state index is 0.627. The Morgan fingerprint density at radius 3 is 2.76 bits per heavy atom. The number of hydrogen-bond donors (Lipinski definition) is 1. The molecule has 1 aromatic carbocycles. The number of nitrogens with zero attached hydrogens (tertiary/aromatic N) is 4. The van der Waals surface area contributed by atoms with Crippen LogP contribution >= 0.6 is 0 Å². The molecule has 0 fully saturated rings. The SMILES string of the molecule is CCNC(=NCc1cccnc1N(C)C)N1CCc2ccccc2C1. The highest BCUT2D eigenvalue weighted by atomic mass is 15.3. The van der Waals surface area contributed by atoms with Crippen LogP contribution in [0.1, 0.15) is 23.6 Å². The summed E-state index contributed by atoms with van der Waals surface area (Å²) in [5, 5.41) is 3.44. The molecule has 0 saturated heterocycles. The van der Waals surface area contributed by atoms with E-state index in [9.17, 15) is 0 Å². The number of hydrogen-bond acceptors (Lipinski definition) is 3. The minimum Gasteiger partial charge on any atom is -0.362 e. The van der Waals surface area contributed by atoms with E-state index in [1.165, 1.54) is 11.1 Å². The maximum Gasteiger partial charge on any atom is 0.194 e. The third kappa shape index (κ3) is 4.10. The van der Waals surface area contributed by atoms with Crippen molar-refractivity contribution in [2.75, 3.05) is 32.1 Å². The molecule has 0 aliphatic carbocycles. The zero-order valence-electron chi connectivity index (χ0n) is 15.4. The van der Waals surface area contributed by atoms with Crippen molar-refractivity contribution < 1.29 is 0 Å². The fourth-order valence-corrected chi connectivity index (χ4v) is 3.22. The Bertz CT molecular complexity index is 738. The molecule has 0 unspecified atom stereocenters. The molecular weight excluding hydrogens is 310 g/mol. The van der Waals surface area contributed by atoms with E-state index in [1.807, 2.05) is 31.3 Å². The molecule has 0 radical (unpaired) electrons. The average molecular weight is 337 g/mol. The Morgan fingerprint density at radius 2 is 2.00 bits per heavy atom. The predicted molar refractivity (Wildman–Crippen MR) is 104 cm³/mol. The lowest BCUT2D eigenvalue weighted by molar-refractivity contribution is 0.378. The Morgan fingerprint density at radius 1 is 1.20 bits per heavy atom. The lowest BCUT2D eigenvalue weighted by Crippen LogP contribution is -2.44. The van der Waals surface area contributed by atoms with Crippen molar-refractivity contribution in [3.63, 3.8) is 0 Å². The number of fused-ring (bicyclic) bond motifs is 1. The monoisotopic (exact) mass is 337 g/mol. The summed E-state index contributed by atoms with van der Waals surface area (Å²) in [6.07, 6.45) is 2.89. The number of aromatic nitrogens is 1. The zero-order chi connectivity index (χ0) is 17.6. The largest absolute Gasteiger partial charge is 0.362 e. The van der Waals surface area contributed by atoms with Crippen LogP contribution in [-0.2, 0) is 19.5 Å². The van der Waals surface area contributed by atoms with Crippen LogP contribution in [0.3, 0.4) is 0 Å². The molecule has 1 aromatic heterocycles. The van der Waals surface area contributed by atoms with Gasteiger partial charge in [0.15, 0.2) is 5.96 Å². The molecule has 5 nitrogen and oxygen atoms in total. The summed E-state index contributed by atoms with van der Waals surface area (Å²) < 4.78 is 0. The number of benzene rings is 1. The first-order chi connectivity index (χ1) is 12.2. The minimum atomic E-state index is 0.627. The van der Waals surface area contributed by atoms with Gasteiger partial charge in [-0.05, 0) is 30.5 Å². The summed E-state index contributed by atoms with van der Waals surface area (Å²) >= 11 is 0. The molecule has 0 bridgehead atoms. The number of anilines is 1. The summed E-state index contributed by atoms with van der Waals surface area (Å²) in [5.41, 5.74) is 3.99. The Kier molecular flexibility index (Phi) is 5.53. The molecule has 3 rings (SSSR count). The summed E-state index contributed by atoms with van der Waals surface area (Å²) in [6, 6.07) is 12.8. The van der Waals surface area contributed by atoms with Crippen LogP contribution in [0.25, 0.3) is 0 Å². The Hall–Kier alpha value is -2.56. The number of nitrogens with one attached hydrogen (secondary N) is 1. The van der Waals surface area contributed by atoms with Crippen LogP contribution in [-0.4, -0.2) is 43.0 Å². The van der Waals surface area contributed by atoms with Crippen LogP contribution in [0.4, 0.5) is 5.82 Å². The number of guanidine groups is 1. The first-order valence-corrected chi connectivity index (χ1v) is 8.90. The zero-order valence-corrected chi connectivity index (χ0v) is 15.4. The second-order valence-corrected chi connectivity index (χ2v) is 6.49. The molecule has 0 amide bonds. The fraction of sp³-hybridized carbons (Fsp3) is 0.400. The van der Waals surface area contributed by atoms with Gasteiger partial charge in [-0.15, -0.1) is 0 Å². The van der Waals surface area contributed by atoms with Crippen molar-refractivity contribution in [1.29, 1.82) is 0 Å². The van der Waals surface area contributed by atoms with Crippen molar-refractivity contribution in [2.24, 2.45) is 4.99 Å². The normalized spacial score (nSPS) is 14.2. The van der Waals surface area contributed by atoms with Crippen molar-refractivity contribution in [2.45, 2.75) is 26.4 Å². The van der Waals surface area contributed by atoms with Gasteiger partial charge in [-0.25, -0.2) is 9.98 Å². The maximum atomic E-state index is 4.89. The topological polar surface area (TPSA) is 43.8 Å². The van der Waals surface area contributed by atoms with E-state index in [1.54, 1.807) is 0 Å². The second-order valence-electron chi connectivity index (χ2n) is 6.49. The van der Waals surface area contributed by atoms with Gasteiger partial charge in [0.2, 0.25) is 0 Å². The lowest BCUT2D eigenvalue weighted by Gasteiger charge is -2.31. The molecule has 0 atom stereocenters. The molecule has 132 valence electrons. The van der Waals surface area contributed by atoms with E-state index in [0.717, 1.165) is 43.4 Å². The van der Waals surface area contributed by atoms with Crippen LogP contribution in [0.5, 0.6) is 0 Å². The molecule has 2 aromatic rings. The fourth-order valence-electron chi connectivity index (χ4n) is 3.22. The van der Waals surface area contributed by atoms with Gasteiger partial charge in [0.05, 0.1) is 6.54 Å². The van der Waals surface area contributed by atoms with Crippen molar-refractivity contribution in [3.8, 4) is 0 Å². The van der Waals surface area contributed by atoms with Gasteiger partial charge in [-0.3, -0.25) is 0 Å². The Balaban J connectivity index is 1.79. The van der Waals surface area contributed by atoms with E-state index in [0.29, 0.717) is 6.54 Å². The van der Waals surface area contributed by atoms with Gasteiger partial charge in [0, 0.05) is 45.5 Å². The quantitative estimate of drug-likeness (QED) is 0.688. The van der Waals surface area contributed by atoms with Gasteiger partial charge in [0.25, 0.3) is 0 Å². The predicted octanol–water partition coefficient (Wildman–Crippen LogP) is 2.67.